The third kappa shape index (κ3) is 4.55. The Morgan fingerprint density at radius 1 is 1.22 bits per heavy atom. The highest BCUT2D eigenvalue weighted by molar-refractivity contribution is 6.05. The summed E-state index contributed by atoms with van der Waals surface area (Å²) in [6.45, 7) is 13.0. The van der Waals surface area contributed by atoms with Gasteiger partial charge in [-0.15, -0.1) is 0 Å². The number of nitrogens with zero attached hydrogens (tertiary/aromatic N) is 2. The van der Waals surface area contributed by atoms with E-state index in [4.69, 9.17) is 10.9 Å². The molecule has 0 saturated heterocycles. The minimum absolute atomic E-state index is 0.0509. The van der Waals surface area contributed by atoms with E-state index in [9.17, 15) is 4.79 Å². The van der Waals surface area contributed by atoms with Crippen LogP contribution in [0.4, 0.5) is 0 Å². The van der Waals surface area contributed by atoms with Crippen molar-refractivity contribution < 1.29 is 10.0 Å². The van der Waals surface area contributed by atoms with Gasteiger partial charge in [-0.3, -0.25) is 4.79 Å². The molecule has 0 aliphatic carbocycles. The number of carbonyl (C=O) groups is 1. The maximum atomic E-state index is 12.5. The van der Waals surface area contributed by atoms with E-state index in [-0.39, 0.29) is 11.7 Å². The molecule has 0 radical (unpaired) electrons. The van der Waals surface area contributed by atoms with Gasteiger partial charge in [-0.05, 0) is 25.7 Å². The van der Waals surface area contributed by atoms with Crippen molar-refractivity contribution in [3.8, 4) is 0 Å². The number of hydrogen-bond acceptors (Lipinski definition) is 3. The Kier molecular flexibility index (Phi) is 6.15. The first kappa shape index (κ1) is 16.7. The molecule has 0 spiro atoms. The molecule has 0 saturated carbocycles. The second-order valence-corrected chi connectivity index (χ2v) is 6.11. The zero-order chi connectivity index (χ0) is 14.5. The van der Waals surface area contributed by atoms with Crippen molar-refractivity contribution in [3.63, 3.8) is 0 Å². The number of amides is 1. The minimum atomic E-state index is -0.974. The minimum Gasteiger partial charge on any atom is -0.409 e. The van der Waals surface area contributed by atoms with Crippen molar-refractivity contribution >= 4 is 11.7 Å². The Morgan fingerprint density at radius 2 is 1.61 bits per heavy atom. The van der Waals surface area contributed by atoms with Crippen molar-refractivity contribution in [2.75, 3.05) is 13.1 Å². The van der Waals surface area contributed by atoms with Gasteiger partial charge in [-0.25, -0.2) is 0 Å². The molecule has 0 aliphatic rings. The van der Waals surface area contributed by atoms with Gasteiger partial charge < -0.3 is 15.8 Å². The fraction of sp³-hybridized carbons (Fsp3) is 0.846. The highest BCUT2D eigenvalue weighted by Gasteiger charge is 2.36. The molecule has 106 valence electrons. The Morgan fingerprint density at radius 3 is 1.89 bits per heavy atom. The lowest BCUT2D eigenvalue weighted by Crippen LogP contribution is -2.50. The number of nitrogens with two attached hydrogens (primary N) is 1. The van der Waals surface area contributed by atoms with E-state index in [0.717, 1.165) is 0 Å². The summed E-state index contributed by atoms with van der Waals surface area (Å²) >= 11 is 0. The molecule has 0 aromatic rings. The van der Waals surface area contributed by atoms with Crippen LogP contribution in [0, 0.1) is 17.3 Å². The molecule has 18 heavy (non-hydrogen) atoms. The summed E-state index contributed by atoms with van der Waals surface area (Å²) in [5.41, 5.74) is 4.63. The first-order chi connectivity index (χ1) is 8.12. The number of carbonyl (C=O) groups excluding carboxylic acids is 1. The number of amidine groups is 1. The zero-order valence-corrected chi connectivity index (χ0v) is 12.4. The largest absolute Gasteiger partial charge is 0.409 e. The van der Waals surface area contributed by atoms with Crippen molar-refractivity contribution in [1.82, 2.24) is 4.90 Å². The standard InChI is InChI=1S/C13H27N3O2/c1-9(2)7-16(8-10(3)4)12(17)13(5,6)11(14)15-18/h9-10,18H,7-8H2,1-6H3,(H2,14,15). The van der Waals surface area contributed by atoms with E-state index in [1.165, 1.54) is 0 Å². The van der Waals surface area contributed by atoms with E-state index >= 15 is 0 Å². The third-order valence-corrected chi connectivity index (χ3v) is 2.74. The smallest absolute Gasteiger partial charge is 0.235 e. The predicted molar refractivity (Wildman–Crippen MR) is 73.4 cm³/mol. The number of rotatable bonds is 6. The fourth-order valence-electron chi connectivity index (χ4n) is 1.75. The van der Waals surface area contributed by atoms with E-state index < -0.39 is 5.41 Å². The maximum absolute atomic E-state index is 12.5. The van der Waals surface area contributed by atoms with E-state index in [1.54, 1.807) is 18.7 Å². The molecular weight excluding hydrogens is 230 g/mol. The molecule has 0 aromatic heterocycles. The summed E-state index contributed by atoms with van der Waals surface area (Å²) in [5.74, 6) is 0.622. The van der Waals surface area contributed by atoms with Gasteiger partial charge in [0.2, 0.25) is 5.91 Å². The van der Waals surface area contributed by atoms with Gasteiger partial charge in [0.15, 0.2) is 5.84 Å². The van der Waals surface area contributed by atoms with Crippen LogP contribution in [0.3, 0.4) is 0 Å². The Bertz CT molecular complexity index is 299. The van der Waals surface area contributed by atoms with Crippen LogP contribution in [-0.2, 0) is 4.79 Å². The number of hydrogen-bond donors (Lipinski definition) is 2. The van der Waals surface area contributed by atoms with Gasteiger partial charge >= 0.3 is 0 Å². The lowest BCUT2D eigenvalue weighted by Gasteiger charge is -2.33. The van der Waals surface area contributed by atoms with Crippen LogP contribution in [0.5, 0.6) is 0 Å². The molecule has 0 unspecified atom stereocenters. The molecule has 5 heteroatoms. The highest BCUT2D eigenvalue weighted by atomic mass is 16.4. The van der Waals surface area contributed by atoms with Crippen molar-refractivity contribution in [2.45, 2.75) is 41.5 Å². The second-order valence-electron chi connectivity index (χ2n) is 6.11. The fourth-order valence-corrected chi connectivity index (χ4v) is 1.75. The van der Waals surface area contributed by atoms with Crippen LogP contribution < -0.4 is 5.73 Å². The van der Waals surface area contributed by atoms with E-state index in [2.05, 4.69) is 32.9 Å². The second kappa shape index (κ2) is 6.61. The van der Waals surface area contributed by atoms with E-state index in [0.29, 0.717) is 24.9 Å². The average molecular weight is 257 g/mol. The van der Waals surface area contributed by atoms with Gasteiger partial charge in [0.1, 0.15) is 5.41 Å². The third-order valence-electron chi connectivity index (χ3n) is 2.74. The van der Waals surface area contributed by atoms with E-state index in [1.807, 2.05) is 0 Å². The van der Waals surface area contributed by atoms with Crippen LogP contribution in [0.15, 0.2) is 5.16 Å². The quantitative estimate of drug-likeness (QED) is 0.330. The lowest BCUT2D eigenvalue weighted by atomic mass is 9.89. The lowest BCUT2D eigenvalue weighted by molar-refractivity contribution is -0.138. The van der Waals surface area contributed by atoms with Gasteiger partial charge in [0.05, 0.1) is 0 Å². The summed E-state index contributed by atoms with van der Waals surface area (Å²) in [6, 6.07) is 0. The first-order valence-corrected chi connectivity index (χ1v) is 6.40. The van der Waals surface area contributed by atoms with Gasteiger partial charge in [0, 0.05) is 13.1 Å². The monoisotopic (exact) mass is 257 g/mol. The molecule has 1 amide bonds. The Balaban J connectivity index is 5.05. The van der Waals surface area contributed by atoms with Crippen LogP contribution in [-0.4, -0.2) is 34.9 Å². The molecule has 0 aromatic carbocycles. The van der Waals surface area contributed by atoms with Crippen LogP contribution in [0.2, 0.25) is 0 Å². The summed E-state index contributed by atoms with van der Waals surface area (Å²) in [4.78, 5) is 14.3. The molecule has 0 bridgehead atoms. The average Bonchev–Trinajstić information content (AvgIpc) is 2.24. The van der Waals surface area contributed by atoms with Gasteiger partial charge in [-0.1, -0.05) is 32.9 Å². The zero-order valence-electron chi connectivity index (χ0n) is 12.4. The molecule has 0 atom stereocenters. The molecule has 0 heterocycles. The molecule has 3 N–H and O–H groups in total. The van der Waals surface area contributed by atoms with Crippen molar-refractivity contribution in [2.24, 2.45) is 28.1 Å². The summed E-state index contributed by atoms with van der Waals surface area (Å²) in [7, 11) is 0. The van der Waals surface area contributed by atoms with Crippen molar-refractivity contribution in [1.29, 1.82) is 0 Å². The Labute approximate surface area is 110 Å². The van der Waals surface area contributed by atoms with Crippen LogP contribution >= 0.6 is 0 Å². The van der Waals surface area contributed by atoms with Gasteiger partial charge in [-0.2, -0.15) is 0 Å². The normalized spacial score (nSPS) is 13.2. The van der Waals surface area contributed by atoms with Crippen LogP contribution in [0.1, 0.15) is 41.5 Å². The summed E-state index contributed by atoms with van der Waals surface area (Å²) in [6.07, 6.45) is 0. The molecule has 0 rings (SSSR count). The molecular formula is C13H27N3O2. The maximum Gasteiger partial charge on any atom is 0.235 e. The first-order valence-electron chi connectivity index (χ1n) is 6.40. The molecule has 0 fully saturated rings. The summed E-state index contributed by atoms with van der Waals surface area (Å²) in [5, 5.41) is 11.7. The SMILES string of the molecule is CC(C)CN(CC(C)C)C(=O)C(C)(C)C(N)=NO. The van der Waals surface area contributed by atoms with Crippen molar-refractivity contribution in [3.05, 3.63) is 0 Å². The number of oxime groups is 1. The molecule has 5 nitrogen and oxygen atoms in total. The molecule has 0 aliphatic heterocycles. The van der Waals surface area contributed by atoms with Gasteiger partial charge in [0.25, 0.3) is 0 Å². The highest BCUT2D eigenvalue weighted by Crippen LogP contribution is 2.21. The predicted octanol–water partition coefficient (Wildman–Crippen LogP) is 1.90. The topological polar surface area (TPSA) is 78.9 Å². The van der Waals surface area contributed by atoms with Crippen LogP contribution in [0.25, 0.3) is 0 Å². The summed E-state index contributed by atoms with van der Waals surface area (Å²) < 4.78 is 0. The Hall–Kier alpha value is -1.26.